The summed E-state index contributed by atoms with van der Waals surface area (Å²) in [5.41, 5.74) is 3.67. The molecule has 0 spiro atoms. The van der Waals surface area contributed by atoms with E-state index in [-0.39, 0.29) is 23.7 Å². The van der Waals surface area contributed by atoms with Crippen LogP contribution in [0.4, 0.5) is 11.4 Å². The van der Waals surface area contributed by atoms with Gasteiger partial charge in [0.05, 0.1) is 18.7 Å². The second-order valence-corrected chi connectivity index (χ2v) is 8.40. The van der Waals surface area contributed by atoms with Crippen LogP contribution < -0.4 is 15.0 Å². The van der Waals surface area contributed by atoms with Crippen LogP contribution in [0.15, 0.2) is 42.5 Å². The van der Waals surface area contributed by atoms with Crippen molar-refractivity contribution in [3.8, 4) is 5.75 Å². The molecule has 1 N–H and O–H groups in total. The lowest BCUT2D eigenvalue weighted by Gasteiger charge is -2.22. The molecule has 2 aromatic rings. The second-order valence-electron chi connectivity index (χ2n) is 8.40. The predicted octanol–water partition coefficient (Wildman–Crippen LogP) is 4.29. The van der Waals surface area contributed by atoms with Crippen molar-refractivity contribution in [3.05, 3.63) is 53.6 Å². The van der Waals surface area contributed by atoms with Gasteiger partial charge in [-0.15, -0.1) is 0 Å². The van der Waals surface area contributed by atoms with E-state index in [0.29, 0.717) is 18.0 Å². The highest BCUT2D eigenvalue weighted by atomic mass is 16.5. The largest absolute Gasteiger partial charge is 0.495 e. The quantitative estimate of drug-likeness (QED) is 0.861. The topological polar surface area (TPSA) is 58.6 Å². The second kappa shape index (κ2) is 7.66. The molecule has 1 saturated heterocycles. The molecule has 1 fully saturated rings. The molecule has 28 heavy (non-hydrogen) atoms. The zero-order chi connectivity index (χ0) is 20.5. The van der Waals surface area contributed by atoms with Gasteiger partial charge in [-0.1, -0.05) is 44.5 Å². The third kappa shape index (κ3) is 4.19. The molecule has 5 heteroatoms. The summed E-state index contributed by atoms with van der Waals surface area (Å²) in [6.45, 7) is 8.75. The number of nitrogens with one attached hydrogen (secondary N) is 1. The molecule has 2 aromatic carbocycles. The summed E-state index contributed by atoms with van der Waals surface area (Å²) in [5.74, 6) is 0.0320. The highest BCUT2D eigenvalue weighted by Crippen LogP contribution is 2.33. The number of nitrogens with zero attached hydrogens (tertiary/aromatic N) is 1. The number of anilines is 2. The number of ether oxygens (including phenoxy) is 1. The Morgan fingerprint density at radius 3 is 2.43 bits per heavy atom. The fourth-order valence-electron chi connectivity index (χ4n) is 3.36. The predicted molar refractivity (Wildman–Crippen MR) is 112 cm³/mol. The number of rotatable bonds is 4. The maximum Gasteiger partial charge on any atom is 0.229 e. The van der Waals surface area contributed by atoms with E-state index in [1.165, 1.54) is 0 Å². The van der Waals surface area contributed by atoms with Gasteiger partial charge < -0.3 is 15.0 Å². The van der Waals surface area contributed by atoms with Gasteiger partial charge in [-0.05, 0) is 42.2 Å². The number of aryl methyl sites for hydroxylation is 1. The number of benzene rings is 2. The minimum atomic E-state index is -0.392. The van der Waals surface area contributed by atoms with Crippen LogP contribution in [0, 0.1) is 12.8 Å². The van der Waals surface area contributed by atoms with E-state index in [4.69, 9.17) is 4.74 Å². The van der Waals surface area contributed by atoms with E-state index >= 15 is 0 Å². The molecule has 5 nitrogen and oxygen atoms in total. The van der Waals surface area contributed by atoms with Crippen LogP contribution in [0.3, 0.4) is 0 Å². The minimum Gasteiger partial charge on any atom is -0.495 e. The molecule has 0 aromatic heterocycles. The first-order valence-corrected chi connectivity index (χ1v) is 9.55. The van der Waals surface area contributed by atoms with Crippen molar-refractivity contribution >= 4 is 23.2 Å². The minimum absolute atomic E-state index is 0.0283. The number of hydrogen-bond donors (Lipinski definition) is 1. The van der Waals surface area contributed by atoms with E-state index < -0.39 is 5.92 Å². The van der Waals surface area contributed by atoms with Crippen molar-refractivity contribution in [2.45, 2.75) is 39.5 Å². The first-order chi connectivity index (χ1) is 13.2. The molecule has 0 aliphatic carbocycles. The van der Waals surface area contributed by atoms with E-state index in [1.54, 1.807) is 12.0 Å². The molecule has 3 rings (SSSR count). The Hall–Kier alpha value is -2.82. The maximum atomic E-state index is 12.9. The standard InChI is InChI=1S/C23H28N2O3/c1-15-6-9-18(10-7-15)25-14-16(12-21(25)26)22(27)24-19-13-17(23(2,3)4)8-11-20(19)28-5/h6-11,13,16H,12,14H2,1-5H3,(H,24,27)/t16-/m0/s1. The normalized spacial score (nSPS) is 17.0. The van der Waals surface area contributed by atoms with Crippen LogP contribution in [-0.2, 0) is 15.0 Å². The van der Waals surface area contributed by atoms with Crippen LogP contribution in [0.1, 0.15) is 38.3 Å². The SMILES string of the molecule is COc1ccc(C(C)(C)C)cc1NC(=O)[C@H]1CC(=O)N(c2ccc(C)cc2)C1. The van der Waals surface area contributed by atoms with E-state index in [9.17, 15) is 9.59 Å². The van der Waals surface area contributed by atoms with Crippen LogP contribution in [-0.4, -0.2) is 25.5 Å². The van der Waals surface area contributed by atoms with E-state index in [0.717, 1.165) is 16.8 Å². The smallest absolute Gasteiger partial charge is 0.229 e. The molecule has 0 bridgehead atoms. The van der Waals surface area contributed by atoms with Crippen molar-refractivity contribution in [1.29, 1.82) is 0 Å². The molecule has 1 atom stereocenters. The lowest BCUT2D eigenvalue weighted by atomic mass is 9.86. The number of methoxy groups -OCH3 is 1. The van der Waals surface area contributed by atoms with Gasteiger partial charge >= 0.3 is 0 Å². The van der Waals surface area contributed by atoms with Gasteiger partial charge in [-0.3, -0.25) is 9.59 Å². The van der Waals surface area contributed by atoms with Gasteiger partial charge in [-0.25, -0.2) is 0 Å². The van der Waals surface area contributed by atoms with Crippen molar-refractivity contribution < 1.29 is 14.3 Å². The van der Waals surface area contributed by atoms with Crippen molar-refractivity contribution in [1.82, 2.24) is 0 Å². The Bertz CT molecular complexity index is 882. The van der Waals surface area contributed by atoms with Crippen LogP contribution in [0.5, 0.6) is 5.75 Å². The Balaban J connectivity index is 1.76. The highest BCUT2D eigenvalue weighted by Gasteiger charge is 2.35. The molecule has 0 radical (unpaired) electrons. The summed E-state index contributed by atoms with van der Waals surface area (Å²) >= 11 is 0. The third-order valence-electron chi connectivity index (χ3n) is 5.16. The van der Waals surface area contributed by atoms with Gasteiger partial charge in [0.1, 0.15) is 5.75 Å². The monoisotopic (exact) mass is 380 g/mol. The van der Waals surface area contributed by atoms with Crippen LogP contribution >= 0.6 is 0 Å². The zero-order valence-corrected chi connectivity index (χ0v) is 17.2. The summed E-state index contributed by atoms with van der Waals surface area (Å²) in [4.78, 5) is 27.0. The summed E-state index contributed by atoms with van der Waals surface area (Å²) in [6, 6.07) is 13.6. The van der Waals surface area contributed by atoms with Crippen LogP contribution in [0.25, 0.3) is 0 Å². The number of hydrogen-bond acceptors (Lipinski definition) is 3. The average Bonchev–Trinajstić information content (AvgIpc) is 3.03. The fraction of sp³-hybridized carbons (Fsp3) is 0.391. The lowest BCUT2D eigenvalue weighted by Crippen LogP contribution is -2.28. The number of carbonyl (C=O) groups excluding carboxylic acids is 2. The lowest BCUT2D eigenvalue weighted by molar-refractivity contribution is -0.122. The molecule has 2 amide bonds. The van der Waals surface area contributed by atoms with Gasteiger partial charge in [0, 0.05) is 18.7 Å². The van der Waals surface area contributed by atoms with Gasteiger partial charge in [-0.2, -0.15) is 0 Å². The zero-order valence-electron chi connectivity index (χ0n) is 17.2. The summed E-state index contributed by atoms with van der Waals surface area (Å²) in [5, 5.41) is 2.97. The van der Waals surface area contributed by atoms with Gasteiger partial charge in [0.25, 0.3) is 0 Å². The molecular formula is C23H28N2O3. The first kappa shape index (κ1) is 19.9. The van der Waals surface area contributed by atoms with Crippen molar-refractivity contribution in [3.63, 3.8) is 0 Å². The summed E-state index contributed by atoms with van der Waals surface area (Å²) in [7, 11) is 1.58. The van der Waals surface area contributed by atoms with E-state index in [2.05, 4.69) is 26.1 Å². The molecule has 0 saturated carbocycles. The number of amides is 2. The summed E-state index contributed by atoms with van der Waals surface area (Å²) in [6.07, 6.45) is 0.209. The van der Waals surface area contributed by atoms with E-state index in [1.807, 2.05) is 49.4 Å². The van der Waals surface area contributed by atoms with Gasteiger partial charge in [0.15, 0.2) is 0 Å². The molecular weight excluding hydrogens is 352 g/mol. The Kier molecular flexibility index (Phi) is 5.45. The fourth-order valence-corrected chi connectivity index (χ4v) is 3.36. The third-order valence-corrected chi connectivity index (χ3v) is 5.16. The Morgan fingerprint density at radius 1 is 1.14 bits per heavy atom. The van der Waals surface area contributed by atoms with Crippen molar-refractivity contribution in [2.75, 3.05) is 23.9 Å². The van der Waals surface area contributed by atoms with Crippen LogP contribution in [0.2, 0.25) is 0 Å². The molecule has 1 aliphatic rings. The Morgan fingerprint density at radius 2 is 1.82 bits per heavy atom. The van der Waals surface area contributed by atoms with Gasteiger partial charge in [0.2, 0.25) is 11.8 Å². The first-order valence-electron chi connectivity index (χ1n) is 9.55. The molecule has 1 heterocycles. The maximum absolute atomic E-state index is 12.9. The highest BCUT2D eigenvalue weighted by molar-refractivity contribution is 6.04. The average molecular weight is 380 g/mol. The van der Waals surface area contributed by atoms with Crippen molar-refractivity contribution in [2.24, 2.45) is 5.92 Å². The molecule has 0 unspecified atom stereocenters. The number of carbonyl (C=O) groups is 2. The molecule has 1 aliphatic heterocycles. The summed E-state index contributed by atoms with van der Waals surface area (Å²) < 4.78 is 5.41. The molecule has 148 valence electrons. The Labute approximate surface area is 166 Å².